The lowest BCUT2D eigenvalue weighted by atomic mass is 10.3. The molecule has 0 saturated heterocycles. The summed E-state index contributed by atoms with van der Waals surface area (Å²) in [6, 6.07) is 0. The van der Waals surface area contributed by atoms with Crippen molar-refractivity contribution in [3.63, 3.8) is 0 Å². The molecular weight excluding hydrogens is 188 g/mol. The van der Waals surface area contributed by atoms with Crippen LogP contribution in [0.15, 0.2) is 0 Å². The molecule has 68 valence electrons. The minimum Gasteiger partial charge on any atom is -0.477 e. The van der Waals surface area contributed by atoms with Crippen LogP contribution in [-0.4, -0.2) is 21.0 Å². The maximum absolute atomic E-state index is 10.8. The Hall–Kier alpha value is -1.36. The molecule has 2 aromatic heterocycles. The highest BCUT2D eigenvalue weighted by atomic mass is 32.1. The summed E-state index contributed by atoms with van der Waals surface area (Å²) in [5.41, 5.74) is 1.42. The van der Waals surface area contributed by atoms with Gasteiger partial charge < -0.3 is 10.1 Å². The Morgan fingerprint density at radius 2 is 2.23 bits per heavy atom. The van der Waals surface area contributed by atoms with E-state index >= 15 is 0 Å². The van der Waals surface area contributed by atoms with E-state index in [1.54, 1.807) is 0 Å². The van der Waals surface area contributed by atoms with Gasteiger partial charge in [-0.05, 0) is 13.8 Å². The van der Waals surface area contributed by atoms with Crippen LogP contribution in [0.4, 0.5) is 0 Å². The lowest BCUT2D eigenvalue weighted by molar-refractivity contribution is 0.0704. The van der Waals surface area contributed by atoms with E-state index in [1.165, 1.54) is 11.3 Å². The number of aryl methyl sites for hydroxylation is 2. The Balaban J connectivity index is 2.83. The molecule has 0 fully saturated rings. The van der Waals surface area contributed by atoms with Crippen molar-refractivity contribution >= 4 is 28.3 Å². The minimum absolute atomic E-state index is 0.341. The molecule has 0 unspecified atom stereocenters. The van der Waals surface area contributed by atoms with Crippen molar-refractivity contribution in [3.05, 3.63) is 15.6 Å². The second-order valence-electron chi connectivity index (χ2n) is 2.84. The number of carboxylic acid groups (broad SMARTS) is 1. The van der Waals surface area contributed by atoms with Gasteiger partial charge in [0.05, 0.1) is 5.52 Å². The third kappa shape index (κ3) is 1.12. The van der Waals surface area contributed by atoms with Crippen molar-refractivity contribution in [1.82, 2.24) is 9.97 Å². The third-order valence-corrected chi connectivity index (χ3v) is 2.91. The summed E-state index contributed by atoms with van der Waals surface area (Å²) in [4.78, 5) is 19.2. The SMILES string of the molecule is Cc1nc2c(C)sc(C(=O)O)c2[nH]1. The molecule has 0 bridgehead atoms. The van der Waals surface area contributed by atoms with Crippen LogP contribution in [0, 0.1) is 13.8 Å². The zero-order valence-corrected chi connectivity index (χ0v) is 8.03. The Morgan fingerprint density at radius 3 is 2.85 bits per heavy atom. The Kier molecular flexibility index (Phi) is 1.63. The van der Waals surface area contributed by atoms with Crippen molar-refractivity contribution in [2.45, 2.75) is 13.8 Å². The van der Waals surface area contributed by atoms with Crippen molar-refractivity contribution in [1.29, 1.82) is 0 Å². The third-order valence-electron chi connectivity index (χ3n) is 1.83. The van der Waals surface area contributed by atoms with Crippen LogP contribution in [-0.2, 0) is 0 Å². The molecule has 5 heteroatoms. The molecule has 0 aliphatic rings. The predicted molar refractivity (Wildman–Crippen MR) is 50.4 cm³/mol. The van der Waals surface area contributed by atoms with Crippen LogP contribution in [0.25, 0.3) is 11.0 Å². The number of hydrogen-bond acceptors (Lipinski definition) is 3. The number of H-pyrrole nitrogens is 1. The normalized spacial score (nSPS) is 10.9. The van der Waals surface area contributed by atoms with Gasteiger partial charge in [-0.25, -0.2) is 9.78 Å². The number of carboxylic acids is 1. The number of nitrogens with one attached hydrogen (secondary N) is 1. The first-order valence-electron chi connectivity index (χ1n) is 3.78. The average molecular weight is 196 g/mol. The Labute approximate surface area is 78.2 Å². The smallest absolute Gasteiger partial charge is 0.348 e. The summed E-state index contributed by atoms with van der Waals surface area (Å²) in [6.07, 6.45) is 0. The van der Waals surface area contributed by atoms with Gasteiger partial charge in [-0.3, -0.25) is 0 Å². The number of carbonyl (C=O) groups is 1. The molecule has 0 aliphatic carbocycles. The molecule has 2 heterocycles. The van der Waals surface area contributed by atoms with E-state index < -0.39 is 5.97 Å². The van der Waals surface area contributed by atoms with E-state index in [0.29, 0.717) is 10.4 Å². The number of rotatable bonds is 1. The molecule has 0 aromatic carbocycles. The molecule has 2 aromatic rings. The number of nitrogens with zero attached hydrogens (tertiary/aromatic N) is 1. The molecular formula is C8H8N2O2S. The second kappa shape index (κ2) is 2.56. The number of imidazole rings is 1. The number of aromatic amines is 1. The summed E-state index contributed by atoms with van der Waals surface area (Å²) < 4.78 is 0. The number of fused-ring (bicyclic) bond motifs is 1. The highest BCUT2D eigenvalue weighted by Gasteiger charge is 2.16. The van der Waals surface area contributed by atoms with Crippen molar-refractivity contribution in [2.24, 2.45) is 0 Å². The molecule has 2 rings (SSSR count). The van der Waals surface area contributed by atoms with Crippen LogP contribution < -0.4 is 0 Å². The fourth-order valence-corrected chi connectivity index (χ4v) is 2.20. The standard InChI is InChI=1S/C8H8N2O2S/c1-3-5-6(10-4(2)9-5)7(13-3)8(11)12/h1-2H3,(H,9,10)(H,11,12). The molecule has 0 radical (unpaired) electrons. The van der Waals surface area contributed by atoms with E-state index in [9.17, 15) is 4.79 Å². The summed E-state index contributed by atoms with van der Waals surface area (Å²) in [6.45, 7) is 3.69. The first-order valence-corrected chi connectivity index (χ1v) is 4.60. The van der Waals surface area contributed by atoms with Crippen LogP contribution in [0.2, 0.25) is 0 Å². The number of aromatic carboxylic acids is 1. The van der Waals surface area contributed by atoms with Gasteiger partial charge in [0.15, 0.2) is 0 Å². The van der Waals surface area contributed by atoms with Gasteiger partial charge in [-0.2, -0.15) is 0 Å². The zero-order valence-electron chi connectivity index (χ0n) is 7.21. The molecule has 13 heavy (non-hydrogen) atoms. The van der Waals surface area contributed by atoms with E-state index in [0.717, 1.165) is 16.2 Å². The Morgan fingerprint density at radius 1 is 1.54 bits per heavy atom. The minimum atomic E-state index is -0.897. The monoisotopic (exact) mass is 196 g/mol. The van der Waals surface area contributed by atoms with Gasteiger partial charge in [0.2, 0.25) is 0 Å². The first kappa shape index (κ1) is 8.25. The van der Waals surface area contributed by atoms with Crippen LogP contribution in [0.1, 0.15) is 20.4 Å². The lowest BCUT2D eigenvalue weighted by Gasteiger charge is -1.85. The van der Waals surface area contributed by atoms with Gasteiger partial charge in [0.25, 0.3) is 0 Å². The maximum atomic E-state index is 10.8. The summed E-state index contributed by atoms with van der Waals surface area (Å²) >= 11 is 1.26. The molecule has 0 aliphatic heterocycles. The molecule has 0 atom stereocenters. The highest BCUT2D eigenvalue weighted by Crippen LogP contribution is 2.28. The van der Waals surface area contributed by atoms with Crippen LogP contribution >= 0.6 is 11.3 Å². The summed E-state index contributed by atoms with van der Waals surface area (Å²) in [5.74, 6) is -0.143. The van der Waals surface area contributed by atoms with Gasteiger partial charge in [0, 0.05) is 4.88 Å². The first-order chi connectivity index (χ1) is 6.09. The number of aromatic nitrogens is 2. The highest BCUT2D eigenvalue weighted by molar-refractivity contribution is 7.15. The fraction of sp³-hybridized carbons (Fsp3) is 0.250. The molecule has 2 N–H and O–H groups in total. The molecule has 0 saturated carbocycles. The van der Waals surface area contributed by atoms with Crippen molar-refractivity contribution < 1.29 is 9.90 Å². The van der Waals surface area contributed by atoms with Crippen LogP contribution in [0.3, 0.4) is 0 Å². The lowest BCUT2D eigenvalue weighted by Crippen LogP contribution is -1.92. The fourth-order valence-electron chi connectivity index (χ4n) is 1.31. The van der Waals surface area contributed by atoms with E-state index in [4.69, 9.17) is 5.11 Å². The van der Waals surface area contributed by atoms with Crippen molar-refractivity contribution in [3.8, 4) is 0 Å². The number of hydrogen-bond donors (Lipinski definition) is 2. The number of thiophene rings is 1. The van der Waals surface area contributed by atoms with E-state index in [2.05, 4.69) is 9.97 Å². The largest absolute Gasteiger partial charge is 0.477 e. The molecule has 0 amide bonds. The summed E-state index contributed by atoms with van der Waals surface area (Å²) in [7, 11) is 0. The van der Waals surface area contributed by atoms with E-state index in [1.807, 2.05) is 13.8 Å². The predicted octanol–water partition coefficient (Wildman–Crippen LogP) is 1.94. The van der Waals surface area contributed by atoms with E-state index in [-0.39, 0.29) is 0 Å². The van der Waals surface area contributed by atoms with Gasteiger partial charge in [-0.15, -0.1) is 11.3 Å². The maximum Gasteiger partial charge on any atom is 0.348 e. The van der Waals surface area contributed by atoms with Crippen LogP contribution in [0.5, 0.6) is 0 Å². The quantitative estimate of drug-likeness (QED) is 0.732. The second-order valence-corrected chi connectivity index (χ2v) is 4.06. The summed E-state index contributed by atoms with van der Waals surface area (Å²) in [5, 5.41) is 8.87. The zero-order chi connectivity index (χ0) is 9.59. The van der Waals surface area contributed by atoms with Gasteiger partial charge in [-0.1, -0.05) is 0 Å². The average Bonchev–Trinajstić information content (AvgIpc) is 2.51. The van der Waals surface area contributed by atoms with Crippen molar-refractivity contribution in [2.75, 3.05) is 0 Å². The molecule has 4 nitrogen and oxygen atoms in total. The molecule has 0 spiro atoms. The topological polar surface area (TPSA) is 66.0 Å². The van der Waals surface area contributed by atoms with Gasteiger partial charge in [0.1, 0.15) is 16.2 Å². The Bertz CT molecular complexity index is 484. The van der Waals surface area contributed by atoms with Gasteiger partial charge >= 0.3 is 5.97 Å².